The number of aliphatic hydroxyl groups excluding tert-OH is 1. The van der Waals surface area contributed by atoms with Crippen LogP contribution in [0.2, 0.25) is 5.02 Å². The summed E-state index contributed by atoms with van der Waals surface area (Å²) in [7, 11) is 0. The number of halogens is 1. The molecule has 0 heterocycles. The maximum atomic E-state index is 9.52. The summed E-state index contributed by atoms with van der Waals surface area (Å²) in [4.78, 5) is 0. The molecule has 1 saturated carbocycles. The zero-order valence-electron chi connectivity index (χ0n) is 10.4. The van der Waals surface area contributed by atoms with E-state index in [-0.39, 0.29) is 12.2 Å². The maximum absolute atomic E-state index is 9.52. The van der Waals surface area contributed by atoms with Crippen LogP contribution in [-0.4, -0.2) is 17.3 Å². The molecule has 1 aromatic rings. The molecular formula is C14H19ClO2. The number of hydrogen-bond acceptors (Lipinski definition) is 2. The Hall–Kier alpha value is -0.730. The Morgan fingerprint density at radius 1 is 1.24 bits per heavy atom. The van der Waals surface area contributed by atoms with E-state index in [1.807, 2.05) is 26.0 Å². The number of aliphatic hydroxyl groups is 1. The first-order valence-electron chi connectivity index (χ1n) is 6.13. The van der Waals surface area contributed by atoms with Crippen LogP contribution in [0.5, 0.6) is 5.75 Å². The van der Waals surface area contributed by atoms with Crippen molar-refractivity contribution in [2.75, 3.05) is 6.61 Å². The minimum Gasteiger partial charge on any atom is -0.485 e. The first kappa shape index (κ1) is 12.7. The Labute approximate surface area is 108 Å². The van der Waals surface area contributed by atoms with Crippen molar-refractivity contribution in [2.24, 2.45) is 0 Å². The molecule has 0 saturated heterocycles. The monoisotopic (exact) mass is 254 g/mol. The number of ether oxygens (including phenoxy) is 1. The highest BCUT2D eigenvalue weighted by atomic mass is 35.5. The molecule has 0 spiro atoms. The fourth-order valence-corrected chi connectivity index (χ4v) is 2.64. The Balaban J connectivity index is 2.23. The van der Waals surface area contributed by atoms with Gasteiger partial charge in [0.1, 0.15) is 11.4 Å². The molecule has 0 aliphatic heterocycles. The normalized spacial score (nSPS) is 18.4. The van der Waals surface area contributed by atoms with Gasteiger partial charge in [0.2, 0.25) is 0 Å². The van der Waals surface area contributed by atoms with Gasteiger partial charge in [-0.25, -0.2) is 0 Å². The van der Waals surface area contributed by atoms with Crippen LogP contribution in [0, 0.1) is 13.8 Å². The first-order valence-corrected chi connectivity index (χ1v) is 6.51. The van der Waals surface area contributed by atoms with Crippen LogP contribution in [0.4, 0.5) is 0 Å². The summed E-state index contributed by atoms with van der Waals surface area (Å²) in [6.45, 7) is 4.04. The molecule has 1 N–H and O–H groups in total. The van der Waals surface area contributed by atoms with Gasteiger partial charge >= 0.3 is 0 Å². The number of aryl methyl sites for hydroxylation is 2. The molecule has 0 bridgehead atoms. The molecule has 3 heteroatoms. The van der Waals surface area contributed by atoms with Crippen molar-refractivity contribution in [3.05, 3.63) is 28.3 Å². The average molecular weight is 255 g/mol. The molecule has 1 aromatic carbocycles. The van der Waals surface area contributed by atoms with Crippen LogP contribution in [0.3, 0.4) is 0 Å². The third kappa shape index (κ3) is 2.58. The minimum absolute atomic E-state index is 0.0910. The van der Waals surface area contributed by atoms with E-state index in [0.29, 0.717) is 0 Å². The van der Waals surface area contributed by atoms with Gasteiger partial charge in [-0.15, -0.1) is 0 Å². The Kier molecular flexibility index (Phi) is 3.64. The van der Waals surface area contributed by atoms with Crippen molar-refractivity contribution in [2.45, 2.75) is 45.1 Å². The molecule has 0 aromatic heterocycles. The zero-order chi connectivity index (χ0) is 12.5. The van der Waals surface area contributed by atoms with Crippen LogP contribution in [0.25, 0.3) is 0 Å². The van der Waals surface area contributed by atoms with Crippen LogP contribution in [-0.2, 0) is 0 Å². The van der Waals surface area contributed by atoms with Gasteiger partial charge in [-0.3, -0.25) is 0 Å². The van der Waals surface area contributed by atoms with Crippen LogP contribution >= 0.6 is 11.6 Å². The van der Waals surface area contributed by atoms with Gasteiger partial charge in [0, 0.05) is 5.02 Å². The highest BCUT2D eigenvalue weighted by Gasteiger charge is 2.35. The maximum Gasteiger partial charge on any atom is 0.132 e. The van der Waals surface area contributed by atoms with E-state index >= 15 is 0 Å². The van der Waals surface area contributed by atoms with Crippen molar-refractivity contribution in [1.29, 1.82) is 0 Å². The summed E-state index contributed by atoms with van der Waals surface area (Å²) < 4.78 is 6.02. The molecule has 0 amide bonds. The Morgan fingerprint density at radius 3 is 2.24 bits per heavy atom. The quantitative estimate of drug-likeness (QED) is 0.892. The van der Waals surface area contributed by atoms with Crippen molar-refractivity contribution < 1.29 is 9.84 Å². The summed E-state index contributed by atoms with van der Waals surface area (Å²) in [5.41, 5.74) is 1.67. The second-order valence-corrected chi connectivity index (χ2v) is 5.40. The summed E-state index contributed by atoms with van der Waals surface area (Å²) in [6, 6.07) is 3.90. The lowest BCUT2D eigenvalue weighted by atomic mass is 10.0. The van der Waals surface area contributed by atoms with E-state index in [9.17, 15) is 5.11 Å². The highest BCUT2D eigenvalue weighted by molar-refractivity contribution is 6.32. The van der Waals surface area contributed by atoms with Crippen molar-refractivity contribution >= 4 is 11.6 Å². The van der Waals surface area contributed by atoms with E-state index in [1.165, 1.54) is 0 Å². The minimum atomic E-state index is -0.368. The van der Waals surface area contributed by atoms with E-state index in [0.717, 1.165) is 47.6 Å². The third-order valence-electron chi connectivity index (χ3n) is 3.55. The van der Waals surface area contributed by atoms with Crippen LogP contribution in [0.15, 0.2) is 12.1 Å². The van der Waals surface area contributed by atoms with E-state index in [1.54, 1.807) is 0 Å². The summed E-state index contributed by atoms with van der Waals surface area (Å²) >= 11 is 6.13. The third-order valence-corrected chi connectivity index (χ3v) is 4.14. The molecule has 1 aliphatic rings. The molecular weight excluding hydrogens is 236 g/mol. The molecule has 1 fully saturated rings. The van der Waals surface area contributed by atoms with Gasteiger partial charge in [0.15, 0.2) is 0 Å². The second kappa shape index (κ2) is 4.87. The van der Waals surface area contributed by atoms with E-state index < -0.39 is 0 Å². The van der Waals surface area contributed by atoms with Gasteiger partial charge in [-0.2, -0.15) is 0 Å². The first-order chi connectivity index (χ1) is 8.06. The molecule has 17 heavy (non-hydrogen) atoms. The fourth-order valence-electron chi connectivity index (χ4n) is 2.53. The fraction of sp³-hybridized carbons (Fsp3) is 0.571. The second-order valence-electron chi connectivity index (χ2n) is 5.02. The van der Waals surface area contributed by atoms with E-state index in [4.69, 9.17) is 16.3 Å². The predicted molar refractivity (Wildman–Crippen MR) is 69.8 cm³/mol. The SMILES string of the molecule is Cc1cc(OC2(CO)CCCC2)cc(C)c1Cl. The van der Waals surface area contributed by atoms with Gasteiger partial charge in [-0.1, -0.05) is 11.6 Å². The lowest BCUT2D eigenvalue weighted by Gasteiger charge is -2.28. The summed E-state index contributed by atoms with van der Waals surface area (Å²) in [6.07, 6.45) is 4.13. The van der Waals surface area contributed by atoms with Gasteiger partial charge in [0.05, 0.1) is 6.61 Å². The topological polar surface area (TPSA) is 29.5 Å². The smallest absolute Gasteiger partial charge is 0.132 e. The molecule has 0 atom stereocenters. The van der Waals surface area contributed by atoms with Crippen molar-refractivity contribution in [1.82, 2.24) is 0 Å². The predicted octanol–water partition coefficient (Wildman–Crippen LogP) is 3.64. The zero-order valence-corrected chi connectivity index (χ0v) is 11.2. The lowest BCUT2D eigenvalue weighted by Crippen LogP contribution is -2.36. The number of rotatable bonds is 3. The van der Waals surface area contributed by atoms with Gasteiger partial charge in [0.25, 0.3) is 0 Å². The molecule has 2 rings (SSSR count). The average Bonchev–Trinajstić information content (AvgIpc) is 2.75. The van der Waals surface area contributed by atoms with E-state index in [2.05, 4.69) is 0 Å². The largest absolute Gasteiger partial charge is 0.485 e. The van der Waals surface area contributed by atoms with Crippen molar-refractivity contribution in [3.63, 3.8) is 0 Å². The standard InChI is InChI=1S/C14H19ClO2/c1-10-7-12(8-11(2)13(10)15)17-14(9-16)5-3-4-6-14/h7-8,16H,3-6,9H2,1-2H3. The molecule has 0 radical (unpaired) electrons. The number of hydrogen-bond donors (Lipinski definition) is 1. The molecule has 94 valence electrons. The lowest BCUT2D eigenvalue weighted by molar-refractivity contribution is 0.0151. The Bertz CT molecular complexity index is 386. The summed E-state index contributed by atoms with van der Waals surface area (Å²) in [5, 5.41) is 10.3. The summed E-state index contributed by atoms with van der Waals surface area (Å²) in [5.74, 6) is 0.820. The highest BCUT2D eigenvalue weighted by Crippen LogP contribution is 2.35. The Morgan fingerprint density at radius 2 is 1.76 bits per heavy atom. The van der Waals surface area contributed by atoms with Gasteiger partial charge in [-0.05, 0) is 62.8 Å². The molecule has 2 nitrogen and oxygen atoms in total. The molecule has 0 unspecified atom stereocenters. The number of benzene rings is 1. The van der Waals surface area contributed by atoms with Crippen LogP contribution < -0.4 is 4.74 Å². The molecule has 1 aliphatic carbocycles. The van der Waals surface area contributed by atoms with Gasteiger partial charge < -0.3 is 9.84 Å². The van der Waals surface area contributed by atoms with Crippen molar-refractivity contribution in [3.8, 4) is 5.75 Å². The van der Waals surface area contributed by atoms with Crippen LogP contribution in [0.1, 0.15) is 36.8 Å².